The first kappa shape index (κ1) is 19.0. The van der Waals surface area contributed by atoms with Crippen LogP contribution in [0.4, 0.5) is 0 Å². The van der Waals surface area contributed by atoms with Gasteiger partial charge in [0.25, 0.3) is 0 Å². The van der Waals surface area contributed by atoms with E-state index in [0.29, 0.717) is 0 Å². The minimum absolute atomic E-state index is 0. The van der Waals surface area contributed by atoms with Gasteiger partial charge < -0.3 is 15.2 Å². The lowest BCUT2D eigenvalue weighted by Crippen LogP contribution is -2.57. The number of ether oxygens (including phenoxy) is 1. The van der Waals surface area contributed by atoms with E-state index in [1.807, 2.05) is 0 Å². The molecule has 4 heteroatoms. The smallest absolute Gasteiger partial charge is 0.119 e. The van der Waals surface area contributed by atoms with Crippen LogP contribution < -0.4 is 10.1 Å². The number of benzene rings is 1. The summed E-state index contributed by atoms with van der Waals surface area (Å²) in [6, 6.07) is 6.51. The van der Waals surface area contributed by atoms with Crippen LogP contribution in [0.2, 0.25) is 0 Å². The zero-order valence-corrected chi connectivity index (χ0v) is 16.2. The Balaban J connectivity index is 0.00000182. The first-order valence-corrected chi connectivity index (χ1v) is 9.77. The molecule has 140 valence electrons. The highest BCUT2D eigenvalue weighted by Crippen LogP contribution is 2.55. The average Bonchev–Trinajstić information content (AvgIpc) is 3.43. The first-order chi connectivity index (χ1) is 11.7. The van der Waals surface area contributed by atoms with E-state index in [9.17, 15) is 5.11 Å². The Morgan fingerprint density at radius 2 is 2.00 bits per heavy atom. The third-order valence-electron chi connectivity index (χ3n) is 6.83. The van der Waals surface area contributed by atoms with Crippen LogP contribution in [-0.2, 0) is 11.8 Å². The van der Waals surface area contributed by atoms with Crippen molar-refractivity contribution < 1.29 is 9.84 Å². The fourth-order valence-corrected chi connectivity index (χ4v) is 5.18. The highest BCUT2D eigenvalue weighted by atomic mass is 35.5. The van der Waals surface area contributed by atoms with Gasteiger partial charge in [0.2, 0.25) is 0 Å². The van der Waals surface area contributed by atoms with Crippen molar-refractivity contribution in [3.05, 3.63) is 29.3 Å². The number of nitrogens with one attached hydrogen (secondary N) is 1. The molecule has 25 heavy (non-hydrogen) atoms. The Morgan fingerprint density at radius 3 is 2.76 bits per heavy atom. The highest BCUT2D eigenvalue weighted by molar-refractivity contribution is 5.85. The lowest BCUT2D eigenvalue weighted by atomic mass is 9.53. The lowest BCUT2D eigenvalue weighted by molar-refractivity contribution is -0.0869. The molecule has 0 spiro atoms. The van der Waals surface area contributed by atoms with Gasteiger partial charge in [-0.3, -0.25) is 0 Å². The molecule has 3 aliphatic rings. The number of hydrogen-bond donors (Lipinski definition) is 2. The molecule has 3 aliphatic carbocycles. The molecule has 2 N–H and O–H groups in total. The molecule has 0 unspecified atom stereocenters. The van der Waals surface area contributed by atoms with Gasteiger partial charge in [0.15, 0.2) is 0 Å². The third kappa shape index (κ3) is 3.43. The fraction of sp³-hybridized carbons (Fsp3) is 0.714. The Kier molecular flexibility index (Phi) is 5.67. The van der Waals surface area contributed by atoms with E-state index in [1.54, 1.807) is 7.11 Å². The summed E-state index contributed by atoms with van der Waals surface area (Å²) in [6.07, 6.45) is 10.2. The molecular weight excluding hydrogens is 334 g/mol. The number of fused-ring (bicyclic) bond motifs is 3. The Hall–Kier alpha value is -0.770. The van der Waals surface area contributed by atoms with Gasteiger partial charge in [-0.05, 0) is 87.2 Å². The second kappa shape index (κ2) is 7.46. The van der Waals surface area contributed by atoms with E-state index in [1.165, 1.54) is 30.4 Å². The van der Waals surface area contributed by atoms with Crippen molar-refractivity contribution in [2.24, 2.45) is 5.92 Å². The van der Waals surface area contributed by atoms with Crippen LogP contribution in [0, 0.1) is 5.92 Å². The van der Waals surface area contributed by atoms with Crippen LogP contribution in [0.3, 0.4) is 0 Å². The fourth-order valence-electron chi connectivity index (χ4n) is 5.18. The molecule has 0 radical (unpaired) electrons. The number of aliphatic hydroxyl groups is 1. The quantitative estimate of drug-likeness (QED) is 0.749. The summed E-state index contributed by atoms with van der Waals surface area (Å²) < 4.78 is 5.51. The maximum absolute atomic E-state index is 11.6. The largest absolute Gasteiger partial charge is 0.497 e. The molecule has 2 saturated carbocycles. The molecule has 2 atom stereocenters. The molecule has 4 rings (SSSR count). The van der Waals surface area contributed by atoms with Gasteiger partial charge in [-0.2, -0.15) is 0 Å². The van der Waals surface area contributed by atoms with E-state index >= 15 is 0 Å². The summed E-state index contributed by atoms with van der Waals surface area (Å²) in [4.78, 5) is 0. The van der Waals surface area contributed by atoms with Gasteiger partial charge in [0.05, 0.1) is 12.7 Å². The second-order valence-corrected chi connectivity index (χ2v) is 8.24. The molecule has 0 heterocycles. The Morgan fingerprint density at radius 1 is 1.20 bits per heavy atom. The van der Waals surface area contributed by atoms with Crippen LogP contribution in [0.5, 0.6) is 5.75 Å². The molecule has 0 saturated heterocycles. The van der Waals surface area contributed by atoms with Gasteiger partial charge in [-0.1, -0.05) is 18.9 Å². The summed E-state index contributed by atoms with van der Waals surface area (Å²) in [6.45, 7) is 2.16. The Bertz CT molecular complexity index is 604. The van der Waals surface area contributed by atoms with Crippen molar-refractivity contribution in [3.8, 4) is 5.75 Å². The van der Waals surface area contributed by atoms with Gasteiger partial charge >= 0.3 is 0 Å². The molecular formula is C21H32ClNO2. The van der Waals surface area contributed by atoms with E-state index in [4.69, 9.17) is 4.74 Å². The summed E-state index contributed by atoms with van der Waals surface area (Å²) in [5.74, 6) is 1.83. The predicted molar refractivity (Wildman–Crippen MR) is 104 cm³/mol. The van der Waals surface area contributed by atoms with Crippen molar-refractivity contribution in [3.63, 3.8) is 0 Å². The van der Waals surface area contributed by atoms with Crippen molar-refractivity contribution in [2.45, 2.75) is 68.8 Å². The van der Waals surface area contributed by atoms with Gasteiger partial charge in [0.1, 0.15) is 5.75 Å². The van der Waals surface area contributed by atoms with Gasteiger partial charge in [-0.25, -0.2) is 0 Å². The first-order valence-electron chi connectivity index (χ1n) is 9.77. The second-order valence-electron chi connectivity index (χ2n) is 8.24. The van der Waals surface area contributed by atoms with Crippen LogP contribution in [0.15, 0.2) is 18.2 Å². The van der Waals surface area contributed by atoms with Crippen LogP contribution in [0.1, 0.15) is 62.5 Å². The molecule has 3 nitrogen and oxygen atoms in total. The minimum Gasteiger partial charge on any atom is -0.497 e. The average molecular weight is 366 g/mol. The van der Waals surface area contributed by atoms with Crippen molar-refractivity contribution in [1.29, 1.82) is 0 Å². The number of rotatable bonds is 6. The maximum atomic E-state index is 11.6. The summed E-state index contributed by atoms with van der Waals surface area (Å²) in [5, 5.41) is 15.3. The van der Waals surface area contributed by atoms with Gasteiger partial charge in [0, 0.05) is 5.41 Å². The number of hydrogen-bond acceptors (Lipinski definition) is 3. The van der Waals surface area contributed by atoms with Gasteiger partial charge in [-0.15, -0.1) is 12.4 Å². The van der Waals surface area contributed by atoms with E-state index < -0.39 is 5.60 Å². The number of halogens is 1. The molecule has 2 fully saturated rings. The predicted octanol–water partition coefficient (Wildman–Crippen LogP) is 4.00. The number of aryl methyl sites for hydroxylation is 1. The minimum atomic E-state index is -0.536. The lowest BCUT2D eigenvalue weighted by Gasteiger charge is -2.55. The molecule has 0 aliphatic heterocycles. The monoisotopic (exact) mass is 365 g/mol. The summed E-state index contributed by atoms with van der Waals surface area (Å²) >= 11 is 0. The topological polar surface area (TPSA) is 41.5 Å². The zero-order valence-electron chi connectivity index (χ0n) is 15.4. The van der Waals surface area contributed by atoms with E-state index in [2.05, 4.69) is 23.5 Å². The molecule has 1 aromatic carbocycles. The molecule has 1 aromatic rings. The molecule has 0 amide bonds. The maximum Gasteiger partial charge on any atom is 0.119 e. The van der Waals surface area contributed by atoms with Crippen LogP contribution in [-0.4, -0.2) is 30.9 Å². The molecule has 0 aromatic heterocycles. The normalized spacial score (nSPS) is 30.8. The number of methoxy groups -OCH3 is 1. The standard InChI is InChI=1S/C21H31NO2.ClH/c1-24-18-7-6-17-8-11-21(23)10-3-2-9-20(21,19(17)14-18)12-13-22-15-16-4-5-16;/h6-7,14,16,22-23H,2-5,8-13,15H2,1H3;1H/t20-,21+;/m1./s1. The highest BCUT2D eigenvalue weighted by Gasteiger charge is 2.54. The van der Waals surface area contributed by atoms with Crippen molar-refractivity contribution in [1.82, 2.24) is 5.32 Å². The SMILES string of the molecule is COc1ccc2c(c1)[C@]1(CCNCC3CC3)CCCC[C@]1(O)CC2.Cl. The summed E-state index contributed by atoms with van der Waals surface area (Å²) in [5.41, 5.74) is 2.16. The summed E-state index contributed by atoms with van der Waals surface area (Å²) in [7, 11) is 1.74. The third-order valence-corrected chi connectivity index (χ3v) is 6.83. The van der Waals surface area contributed by atoms with Crippen molar-refractivity contribution in [2.75, 3.05) is 20.2 Å². The van der Waals surface area contributed by atoms with E-state index in [-0.39, 0.29) is 17.8 Å². The molecule has 0 bridgehead atoms. The van der Waals surface area contributed by atoms with Crippen molar-refractivity contribution >= 4 is 12.4 Å². The zero-order chi connectivity index (χ0) is 16.6. The van der Waals surface area contributed by atoms with E-state index in [0.717, 1.165) is 63.3 Å². The Labute approximate surface area is 157 Å². The van der Waals surface area contributed by atoms with Crippen LogP contribution >= 0.6 is 12.4 Å². The van der Waals surface area contributed by atoms with Crippen LogP contribution in [0.25, 0.3) is 0 Å².